The molecule has 0 unspecified atom stereocenters. The number of hydrogen-bond donors (Lipinski definition) is 0. The third-order valence-electron chi connectivity index (χ3n) is 2.74. The smallest absolute Gasteiger partial charge is 0.157 e. The van der Waals surface area contributed by atoms with Crippen molar-refractivity contribution in [1.29, 1.82) is 0 Å². The minimum atomic E-state index is 0.0824. The molecule has 1 fully saturated rings. The molecule has 78 valence electrons. The van der Waals surface area contributed by atoms with Crippen molar-refractivity contribution in [3.8, 4) is 0 Å². The molecule has 1 aliphatic rings. The molecule has 0 N–H and O–H groups in total. The quantitative estimate of drug-likeness (QED) is 0.615. The minimum absolute atomic E-state index is 0.0824. The second kappa shape index (κ2) is 5.61. The Bertz CT molecular complexity index is 134. The number of ether oxygens (including phenoxy) is 2. The summed E-state index contributed by atoms with van der Waals surface area (Å²) in [5.74, 6) is 1.42. The molecule has 2 atom stereocenters. The van der Waals surface area contributed by atoms with Gasteiger partial charge in [0, 0.05) is 13.0 Å². The Balaban J connectivity index is 2.10. The lowest BCUT2D eigenvalue weighted by Gasteiger charge is -2.12. The van der Waals surface area contributed by atoms with E-state index in [2.05, 4.69) is 20.8 Å². The summed E-state index contributed by atoms with van der Waals surface area (Å²) in [5, 5.41) is 0. The first kappa shape index (κ1) is 11.0. The molecule has 2 nitrogen and oxygen atoms in total. The van der Waals surface area contributed by atoms with Crippen molar-refractivity contribution in [1.82, 2.24) is 0 Å². The highest BCUT2D eigenvalue weighted by Crippen LogP contribution is 2.26. The summed E-state index contributed by atoms with van der Waals surface area (Å²) in [4.78, 5) is 0. The van der Waals surface area contributed by atoms with Crippen LogP contribution in [0.1, 0.15) is 40.0 Å². The second-order valence-electron chi connectivity index (χ2n) is 4.23. The van der Waals surface area contributed by atoms with E-state index in [0.717, 1.165) is 32.0 Å². The highest BCUT2D eigenvalue weighted by atomic mass is 16.7. The molecule has 1 saturated heterocycles. The van der Waals surface area contributed by atoms with E-state index in [0.29, 0.717) is 5.92 Å². The lowest BCUT2D eigenvalue weighted by molar-refractivity contribution is -0.111. The Labute approximate surface area is 81.6 Å². The van der Waals surface area contributed by atoms with Crippen molar-refractivity contribution >= 4 is 0 Å². The molecule has 0 aromatic rings. The minimum Gasteiger partial charge on any atom is -0.353 e. The van der Waals surface area contributed by atoms with Gasteiger partial charge in [-0.25, -0.2) is 0 Å². The van der Waals surface area contributed by atoms with Crippen LogP contribution in [0.4, 0.5) is 0 Å². The van der Waals surface area contributed by atoms with Gasteiger partial charge in [-0.05, 0) is 18.3 Å². The van der Waals surface area contributed by atoms with Gasteiger partial charge in [0.1, 0.15) is 0 Å². The molecule has 0 aliphatic carbocycles. The predicted octanol–water partition coefficient (Wildman–Crippen LogP) is 2.82. The molecule has 0 aromatic carbocycles. The molecule has 0 bridgehead atoms. The average molecular weight is 186 g/mol. The van der Waals surface area contributed by atoms with Crippen molar-refractivity contribution in [2.24, 2.45) is 11.8 Å². The van der Waals surface area contributed by atoms with Crippen LogP contribution in [0.5, 0.6) is 0 Å². The normalized spacial score (nSPS) is 28.6. The number of rotatable bonds is 5. The topological polar surface area (TPSA) is 18.5 Å². The zero-order chi connectivity index (χ0) is 9.68. The maximum atomic E-state index is 5.60. The Morgan fingerprint density at radius 2 is 2.23 bits per heavy atom. The standard InChI is InChI=1S/C11H22O2/c1-4-5-6-12-11-7-10(8-13-11)9(2)3/h9-11H,4-8H2,1-3H3/t10-,11+/m0/s1. The largest absolute Gasteiger partial charge is 0.353 e. The van der Waals surface area contributed by atoms with Crippen LogP contribution < -0.4 is 0 Å². The van der Waals surface area contributed by atoms with Gasteiger partial charge in [0.15, 0.2) is 6.29 Å². The Morgan fingerprint density at radius 1 is 1.46 bits per heavy atom. The van der Waals surface area contributed by atoms with Crippen molar-refractivity contribution in [3.05, 3.63) is 0 Å². The van der Waals surface area contributed by atoms with E-state index in [9.17, 15) is 0 Å². The fraction of sp³-hybridized carbons (Fsp3) is 1.00. The molecule has 0 amide bonds. The zero-order valence-electron chi connectivity index (χ0n) is 9.08. The SMILES string of the molecule is CCCCO[C@H]1C[C@H](C(C)C)CO1. The van der Waals surface area contributed by atoms with Crippen LogP contribution in [0.15, 0.2) is 0 Å². The van der Waals surface area contributed by atoms with E-state index in [1.807, 2.05) is 0 Å². The summed E-state index contributed by atoms with van der Waals surface area (Å²) in [6, 6.07) is 0. The van der Waals surface area contributed by atoms with Crippen LogP contribution in [-0.4, -0.2) is 19.5 Å². The van der Waals surface area contributed by atoms with Crippen molar-refractivity contribution in [2.45, 2.75) is 46.3 Å². The lowest BCUT2D eigenvalue weighted by Crippen LogP contribution is -2.12. The van der Waals surface area contributed by atoms with Crippen molar-refractivity contribution < 1.29 is 9.47 Å². The van der Waals surface area contributed by atoms with Crippen LogP contribution in [0.25, 0.3) is 0 Å². The average Bonchev–Trinajstić information content (AvgIpc) is 2.53. The van der Waals surface area contributed by atoms with Gasteiger partial charge in [0.2, 0.25) is 0 Å². The first-order valence-corrected chi connectivity index (χ1v) is 5.47. The number of hydrogen-bond acceptors (Lipinski definition) is 2. The van der Waals surface area contributed by atoms with E-state index in [1.54, 1.807) is 0 Å². The predicted molar refractivity (Wildman–Crippen MR) is 53.5 cm³/mol. The van der Waals surface area contributed by atoms with E-state index in [1.165, 1.54) is 6.42 Å². The van der Waals surface area contributed by atoms with Crippen LogP contribution >= 0.6 is 0 Å². The van der Waals surface area contributed by atoms with Gasteiger partial charge in [-0.15, -0.1) is 0 Å². The highest BCUT2D eigenvalue weighted by Gasteiger charge is 2.27. The van der Waals surface area contributed by atoms with Crippen LogP contribution in [0, 0.1) is 11.8 Å². The van der Waals surface area contributed by atoms with Crippen LogP contribution in [-0.2, 0) is 9.47 Å². The number of unbranched alkanes of at least 4 members (excludes halogenated alkanes) is 1. The van der Waals surface area contributed by atoms with Gasteiger partial charge < -0.3 is 9.47 Å². The van der Waals surface area contributed by atoms with Crippen molar-refractivity contribution in [2.75, 3.05) is 13.2 Å². The molecular weight excluding hydrogens is 164 g/mol. The first-order valence-electron chi connectivity index (χ1n) is 5.47. The Hall–Kier alpha value is -0.0800. The van der Waals surface area contributed by atoms with E-state index < -0.39 is 0 Å². The second-order valence-corrected chi connectivity index (χ2v) is 4.23. The molecule has 13 heavy (non-hydrogen) atoms. The Morgan fingerprint density at radius 3 is 2.77 bits per heavy atom. The molecule has 1 rings (SSSR count). The Kier molecular flexibility index (Phi) is 4.74. The van der Waals surface area contributed by atoms with E-state index in [4.69, 9.17) is 9.47 Å². The summed E-state index contributed by atoms with van der Waals surface area (Å²) < 4.78 is 11.2. The van der Waals surface area contributed by atoms with Gasteiger partial charge in [0.05, 0.1) is 6.61 Å². The highest BCUT2D eigenvalue weighted by molar-refractivity contribution is 4.70. The summed E-state index contributed by atoms with van der Waals surface area (Å²) in [7, 11) is 0. The zero-order valence-corrected chi connectivity index (χ0v) is 9.08. The third kappa shape index (κ3) is 3.65. The molecule has 1 heterocycles. The third-order valence-corrected chi connectivity index (χ3v) is 2.74. The van der Waals surface area contributed by atoms with Gasteiger partial charge in [-0.2, -0.15) is 0 Å². The lowest BCUT2D eigenvalue weighted by atomic mass is 9.95. The first-order chi connectivity index (χ1) is 6.24. The van der Waals surface area contributed by atoms with Gasteiger partial charge >= 0.3 is 0 Å². The van der Waals surface area contributed by atoms with Crippen LogP contribution in [0.2, 0.25) is 0 Å². The molecule has 2 heteroatoms. The van der Waals surface area contributed by atoms with E-state index in [-0.39, 0.29) is 6.29 Å². The summed E-state index contributed by atoms with van der Waals surface area (Å²) in [6.45, 7) is 8.42. The maximum absolute atomic E-state index is 5.60. The summed E-state index contributed by atoms with van der Waals surface area (Å²) in [5.41, 5.74) is 0. The van der Waals surface area contributed by atoms with Gasteiger partial charge in [-0.3, -0.25) is 0 Å². The molecular formula is C11H22O2. The molecule has 0 radical (unpaired) electrons. The fourth-order valence-corrected chi connectivity index (χ4v) is 1.55. The summed E-state index contributed by atoms with van der Waals surface area (Å²) >= 11 is 0. The van der Waals surface area contributed by atoms with Gasteiger partial charge in [0.25, 0.3) is 0 Å². The maximum Gasteiger partial charge on any atom is 0.157 e. The van der Waals surface area contributed by atoms with Crippen LogP contribution in [0.3, 0.4) is 0 Å². The fourth-order valence-electron chi connectivity index (χ4n) is 1.55. The monoisotopic (exact) mass is 186 g/mol. The molecule has 0 aromatic heterocycles. The molecule has 0 spiro atoms. The summed E-state index contributed by atoms with van der Waals surface area (Å²) in [6.07, 6.45) is 3.51. The van der Waals surface area contributed by atoms with Gasteiger partial charge in [-0.1, -0.05) is 27.2 Å². The molecule has 1 aliphatic heterocycles. The molecule has 0 saturated carbocycles. The van der Waals surface area contributed by atoms with Crippen molar-refractivity contribution in [3.63, 3.8) is 0 Å². The van der Waals surface area contributed by atoms with E-state index >= 15 is 0 Å².